The zero-order valence-electron chi connectivity index (χ0n) is 10.4. The quantitative estimate of drug-likeness (QED) is 0.876. The zero-order chi connectivity index (χ0) is 12.3. The highest BCUT2D eigenvalue weighted by atomic mass is 35.5. The number of aliphatic hydroxyl groups is 1. The Hall–Kier alpha value is -0.570. The summed E-state index contributed by atoms with van der Waals surface area (Å²) in [5, 5.41) is 10.6. The number of hydrogen-bond acceptors (Lipinski definition) is 2. The third-order valence-corrected chi connectivity index (χ3v) is 3.00. The van der Waals surface area contributed by atoms with Gasteiger partial charge in [-0.15, -0.1) is 0 Å². The van der Waals surface area contributed by atoms with E-state index < -0.39 is 5.60 Å². The van der Waals surface area contributed by atoms with E-state index in [1.165, 1.54) is 0 Å². The average molecular weight is 242 g/mol. The van der Waals surface area contributed by atoms with Crippen LogP contribution in [0.5, 0.6) is 0 Å². The van der Waals surface area contributed by atoms with Crippen LogP contribution in [-0.2, 0) is 0 Å². The molecule has 0 amide bonds. The molecule has 0 bridgehead atoms. The maximum absolute atomic E-state index is 9.78. The van der Waals surface area contributed by atoms with Crippen LogP contribution in [0.3, 0.4) is 0 Å². The van der Waals surface area contributed by atoms with Gasteiger partial charge in [0.05, 0.1) is 5.60 Å². The molecule has 3 heteroatoms. The fraction of sp³-hybridized carbons (Fsp3) is 0.538. The topological polar surface area (TPSA) is 23.5 Å². The summed E-state index contributed by atoms with van der Waals surface area (Å²) in [6.07, 6.45) is 0. The zero-order valence-corrected chi connectivity index (χ0v) is 11.1. The standard InChI is InChI=1S/C13H20ClNO/c1-10(15(4)9-13(2,3)16)11-7-5-6-8-12(11)14/h5-8,10,16H,9H2,1-4H3. The largest absolute Gasteiger partial charge is 0.389 e. The molecule has 0 aliphatic heterocycles. The van der Waals surface area contributed by atoms with E-state index >= 15 is 0 Å². The molecule has 90 valence electrons. The highest BCUT2D eigenvalue weighted by Gasteiger charge is 2.21. The number of likely N-dealkylation sites (N-methyl/N-ethyl adjacent to an activating group) is 1. The molecule has 0 heterocycles. The van der Waals surface area contributed by atoms with Gasteiger partial charge in [-0.3, -0.25) is 4.90 Å². The van der Waals surface area contributed by atoms with Crippen LogP contribution in [0.2, 0.25) is 5.02 Å². The second-order valence-corrected chi connectivity index (χ2v) is 5.33. The molecule has 1 unspecified atom stereocenters. The van der Waals surface area contributed by atoms with Gasteiger partial charge in [-0.05, 0) is 39.4 Å². The monoisotopic (exact) mass is 241 g/mol. The minimum Gasteiger partial charge on any atom is -0.389 e. The second-order valence-electron chi connectivity index (χ2n) is 4.93. The Morgan fingerprint density at radius 3 is 2.44 bits per heavy atom. The summed E-state index contributed by atoms with van der Waals surface area (Å²) in [5.74, 6) is 0. The van der Waals surface area contributed by atoms with Crippen molar-refractivity contribution in [1.29, 1.82) is 0 Å². The molecule has 0 saturated carbocycles. The Morgan fingerprint density at radius 2 is 1.94 bits per heavy atom. The van der Waals surface area contributed by atoms with Gasteiger partial charge >= 0.3 is 0 Å². The lowest BCUT2D eigenvalue weighted by Crippen LogP contribution is -2.37. The molecule has 1 rings (SSSR count). The molecule has 16 heavy (non-hydrogen) atoms. The van der Waals surface area contributed by atoms with Gasteiger partial charge in [0.2, 0.25) is 0 Å². The van der Waals surface area contributed by atoms with Crippen molar-refractivity contribution in [2.24, 2.45) is 0 Å². The van der Waals surface area contributed by atoms with E-state index in [0.29, 0.717) is 6.54 Å². The number of nitrogens with zero attached hydrogens (tertiary/aromatic N) is 1. The molecule has 1 aromatic rings. The van der Waals surface area contributed by atoms with E-state index in [4.69, 9.17) is 11.6 Å². The van der Waals surface area contributed by atoms with Gasteiger partial charge in [-0.25, -0.2) is 0 Å². The molecule has 0 aliphatic rings. The average Bonchev–Trinajstić information content (AvgIpc) is 2.15. The summed E-state index contributed by atoms with van der Waals surface area (Å²) in [6, 6.07) is 8.02. The Morgan fingerprint density at radius 1 is 1.38 bits per heavy atom. The molecular weight excluding hydrogens is 222 g/mol. The normalized spacial score (nSPS) is 14.2. The number of halogens is 1. The molecule has 0 radical (unpaired) electrons. The van der Waals surface area contributed by atoms with Crippen LogP contribution >= 0.6 is 11.6 Å². The van der Waals surface area contributed by atoms with Gasteiger partial charge in [-0.2, -0.15) is 0 Å². The maximum Gasteiger partial charge on any atom is 0.0718 e. The van der Waals surface area contributed by atoms with Crippen LogP contribution in [0.25, 0.3) is 0 Å². The van der Waals surface area contributed by atoms with Crippen molar-refractivity contribution >= 4 is 11.6 Å². The SMILES string of the molecule is CC(c1ccccc1Cl)N(C)CC(C)(C)O. The molecule has 1 atom stereocenters. The Kier molecular flexibility index (Phi) is 4.36. The first-order chi connectivity index (χ1) is 7.31. The summed E-state index contributed by atoms with van der Waals surface area (Å²) >= 11 is 6.15. The Labute approximate surface area is 103 Å². The van der Waals surface area contributed by atoms with Crippen LogP contribution in [0.15, 0.2) is 24.3 Å². The summed E-state index contributed by atoms with van der Waals surface area (Å²) in [7, 11) is 1.99. The highest BCUT2D eigenvalue weighted by Crippen LogP contribution is 2.26. The molecule has 1 aromatic carbocycles. The molecule has 0 aromatic heterocycles. The van der Waals surface area contributed by atoms with Gasteiger partial charge in [0.1, 0.15) is 0 Å². The fourth-order valence-electron chi connectivity index (χ4n) is 1.80. The van der Waals surface area contributed by atoms with Crippen LogP contribution in [-0.4, -0.2) is 29.2 Å². The Bertz CT molecular complexity index is 346. The van der Waals surface area contributed by atoms with Crippen molar-refractivity contribution in [3.63, 3.8) is 0 Å². The molecule has 0 spiro atoms. The van der Waals surface area contributed by atoms with E-state index in [-0.39, 0.29) is 6.04 Å². The minimum absolute atomic E-state index is 0.195. The third-order valence-electron chi connectivity index (χ3n) is 2.65. The first kappa shape index (κ1) is 13.5. The summed E-state index contributed by atoms with van der Waals surface area (Å²) in [4.78, 5) is 2.10. The van der Waals surface area contributed by atoms with Crippen LogP contribution < -0.4 is 0 Å². The van der Waals surface area contributed by atoms with Crippen molar-refractivity contribution in [2.75, 3.05) is 13.6 Å². The molecule has 1 N–H and O–H groups in total. The lowest BCUT2D eigenvalue weighted by atomic mass is 10.0. The van der Waals surface area contributed by atoms with Gasteiger partial charge < -0.3 is 5.11 Å². The van der Waals surface area contributed by atoms with E-state index in [1.54, 1.807) is 0 Å². The fourth-order valence-corrected chi connectivity index (χ4v) is 2.09. The summed E-state index contributed by atoms with van der Waals surface area (Å²) in [6.45, 7) is 6.32. The summed E-state index contributed by atoms with van der Waals surface area (Å²) in [5.41, 5.74) is 0.403. The minimum atomic E-state index is -0.690. The lowest BCUT2D eigenvalue weighted by molar-refractivity contribution is 0.0334. The van der Waals surface area contributed by atoms with Crippen molar-refractivity contribution in [2.45, 2.75) is 32.4 Å². The van der Waals surface area contributed by atoms with Crippen LogP contribution in [0, 0.1) is 0 Å². The number of hydrogen-bond donors (Lipinski definition) is 1. The second kappa shape index (κ2) is 5.17. The third kappa shape index (κ3) is 3.78. The predicted molar refractivity (Wildman–Crippen MR) is 68.8 cm³/mol. The van der Waals surface area contributed by atoms with E-state index in [1.807, 2.05) is 45.2 Å². The Balaban J connectivity index is 2.78. The maximum atomic E-state index is 9.78. The van der Waals surface area contributed by atoms with Crippen LogP contribution in [0.4, 0.5) is 0 Å². The lowest BCUT2D eigenvalue weighted by Gasteiger charge is -2.31. The first-order valence-electron chi connectivity index (χ1n) is 5.48. The molecule has 0 fully saturated rings. The van der Waals surface area contributed by atoms with Gasteiger partial charge in [0, 0.05) is 17.6 Å². The van der Waals surface area contributed by atoms with Gasteiger partial charge in [-0.1, -0.05) is 29.8 Å². The van der Waals surface area contributed by atoms with Gasteiger partial charge in [0.15, 0.2) is 0 Å². The van der Waals surface area contributed by atoms with E-state index in [2.05, 4.69) is 11.8 Å². The van der Waals surface area contributed by atoms with Crippen molar-refractivity contribution in [3.05, 3.63) is 34.9 Å². The van der Waals surface area contributed by atoms with Crippen LogP contribution in [0.1, 0.15) is 32.4 Å². The van der Waals surface area contributed by atoms with Crippen molar-refractivity contribution < 1.29 is 5.11 Å². The molecule has 2 nitrogen and oxygen atoms in total. The molecule has 0 saturated heterocycles. The first-order valence-corrected chi connectivity index (χ1v) is 5.86. The summed E-state index contributed by atoms with van der Waals surface area (Å²) < 4.78 is 0. The van der Waals surface area contributed by atoms with Crippen molar-refractivity contribution in [1.82, 2.24) is 4.90 Å². The van der Waals surface area contributed by atoms with Gasteiger partial charge in [0.25, 0.3) is 0 Å². The smallest absolute Gasteiger partial charge is 0.0718 e. The van der Waals surface area contributed by atoms with E-state index in [0.717, 1.165) is 10.6 Å². The van der Waals surface area contributed by atoms with E-state index in [9.17, 15) is 5.11 Å². The number of benzene rings is 1. The molecular formula is C13H20ClNO. The number of rotatable bonds is 4. The van der Waals surface area contributed by atoms with Crippen molar-refractivity contribution in [3.8, 4) is 0 Å². The highest BCUT2D eigenvalue weighted by molar-refractivity contribution is 6.31. The predicted octanol–water partition coefficient (Wildman–Crippen LogP) is 3.10. The molecule has 0 aliphatic carbocycles.